The van der Waals surface area contributed by atoms with E-state index in [9.17, 15) is 10.1 Å². The predicted octanol–water partition coefficient (Wildman–Crippen LogP) is 0.513. The van der Waals surface area contributed by atoms with Crippen molar-refractivity contribution in [2.24, 2.45) is 4.99 Å². The van der Waals surface area contributed by atoms with Crippen molar-refractivity contribution in [3.63, 3.8) is 0 Å². The summed E-state index contributed by atoms with van der Waals surface area (Å²) in [4.78, 5) is 18.1. The predicted molar refractivity (Wildman–Crippen MR) is 63.3 cm³/mol. The molecule has 8 nitrogen and oxygen atoms in total. The summed E-state index contributed by atoms with van der Waals surface area (Å²) in [6.45, 7) is 0.491. The van der Waals surface area contributed by atoms with Gasteiger partial charge < -0.3 is 9.73 Å². The van der Waals surface area contributed by atoms with Gasteiger partial charge >= 0.3 is 0 Å². The Bertz CT molecular complexity index is 367. The lowest BCUT2D eigenvalue weighted by Gasteiger charge is -2.01. The van der Waals surface area contributed by atoms with Crippen molar-refractivity contribution in [2.75, 3.05) is 19.3 Å². The second-order valence-corrected chi connectivity index (χ2v) is 3.90. The van der Waals surface area contributed by atoms with Crippen LogP contribution in [0.4, 0.5) is 0 Å². The molecule has 0 aliphatic rings. The molecule has 1 aromatic rings. The molecule has 17 heavy (non-hydrogen) atoms. The van der Waals surface area contributed by atoms with E-state index in [0.29, 0.717) is 11.8 Å². The highest BCUT2D eigenvalue weighted by atomic mass is 32.2. The van der Waals surface area contributed by atoms with E-state index in [2.05, 4.69) is 15.3 Å². The Hall–Kier alpha value is -1.77. The maximum atomic E-state index is 10.2. The number of oxazole rings is 1. The molecule has 0 aliphatic carbocycles. The monoisotopic (exact) mass is 259 g/mol. The quantitative estimate of drug-likeness (QED) is 0.191. The van der Waals surface area contributed by atoms with Gasteiger partial charge in [0.15, 0.2) is 5.03 Å². The molecule has 0 aliphatic heterocycles. The van der Waals surface area contributed by atoms with E-state index >= 15 is 0 Å². The topological polar surface area (TPSA) is 106 Å². The molecule has 0 atom stereocenters. The van der Waals surface area contributed by atoms with Crippen LogP contribution in [-0.2, 0) is 0 Å². The van der Waals surface area contributed by atoms with E-state index in [4.69, 9.17) is 4.42 Å². The van der Waals surface area contributed by atoms with Crippen LogP contribution in [0, 0.1) is 10.1 Å². The van der Waals surface area contributed by atoms with Gasteiger partial charge in [0, 0.05) is 19.3 Å². The van der Waals surface area contributed by atoms with E-state index in [1.807, 2.05) is 5.43 Å². The fraction of sp³-hybridized carbons (Fsp3) is 0.500. The van der Waals surface area contributed by atoms with Gasteiger partial charge in [-0.25, -0.2) is 20.1 Å². The molecule has 0 saturated heterocycles. The number of rotatable bonds is 6. The van der Waals surface area contributed by atoms with Gasteiger partial charge in [-0.2, -0.15) is 0 Å². The number of nitro groups is 1. The highest BCUT2D eigenvalue weighted by Crippen LogP contribution is 2.15. The van der Waals surface area contributed by atoms with Gasteiger partial charge in [-0.1, -0.05) is 17.2 Å². The molecule has 0 fully saturated rings. The number of aliphatic imine (C=N–C) groups is 1. The third-order valence-corrected chi connectivity index (χ3v) is 2.58. The first kappa shape index (κ1) is 13.3. The fourth-order valence-electron chi connectivity index (χ4n) is 0.953. The molecule has 0 spiro atoms. The first-order chi connectivity index (χ1) is 8.22. The first-order valence-corrected chi connectivity index (χ1v) is 5.86. The molecule has 0 aromatic carbocycles. The second-order valence-electron chi connectivity index (χ2n) is 2.85. The van der Waals surface area contributed by atoms with Crippen LogP contribution in [0.2, 0.25) is 0 Å². The SMILES string of the molecule is CN/C(=N\CCCSc1ncco1)N[N+](=O)[O-]. The summed E-state index contributed by atoms with van der Waals surface area (Å²) in [5.74, 6) is 0.940. The lowest BCUT2D eigenvalue weighted by molar-refractivity contribution is -0.525. The second kappa shape index (κ2) is 7.49. The Kier molecular flexibility index (Phi) is 5.86. The molecular weight excluding hydrogens is 246 g/mol. The van der Waals surface area contributed by atoms with Crippen molar-refractivity contribution in [3.05, 3.63) is 22.6 Å². The normalized spacial score (nSPS) is 11.2. The zero-order chi connectivity index (χ0) is 12.5. The Labute approximate surface area is 102 Å². The van der Waals surface area contributed by atoms with Gasteiger partial charge in [0.2, 0.25) is 0 Å². The van der Waals surface area contributed by atoms with Crippen molar-refractivity contribution in [1.29, 1.82) is 0 Å². The number of nitrogens with one attached hydrogen (secondary N) is 2. The van der Waals surface area contributed by atoms with Gasteiger partial charge in [0.1, 0.15) is 6.26 Å². The zero-order valence-electron chi connectivity index (χ0n) is 9.25. The molecule has 94 valence electrons. The average Bonchev–Trinajstić information content (AvgIpc) is 2.79. The minimum Gasteiger partial charge on any atom is -0.440 e. The Morgan fingerprint density at radius 1 is 1.76 bits per heavy atom. The van der Waals surface area contributed by atoms with Gasteiger partial charge in [0.25, 0.3) is 11.2 Å². The van der Waals surface area contributed by atoms with Crippen molar-refractivity contribution >= 4 is 17.7 Å². The fourth-order valence-corrected chi connectivity index (χ4v) is 1.66. The zero-order valence-corrected chi connectivity index (χ0v) is 10.1. The van der Waals surface area contributed by atoms with Crippen LogP contribution < -0.4 is 10.7 Å². The van der Waals surface area contributed by atoms with Gasteiger partial charge in [-0.05, 0) is 6.42 Å². The molecule has 0 saturated carbocycles. The summed E-state index contributed by atoms with van der Waals surface area (Å²) in [5.41, 5.74) is 1.96. The Morgan fingerprint density at radius 3 is 3.18 bits per heavy atom. The third-order valence-electron chi connectivity index (χ3n) is 1.64. The maximum absolute atomic E-state index is 10.2. The van der Waals surface area contributed by atoms with E-state index in [1.165, 1.54) is 18.0 Å². The number of hydrazine groups is 1. The summed E-state index contributed by atoms with van der Waals surface area (Å²) >= 11 is 1.48. The number of aromatic nitrogens is 1. The molecule has 1 rings (SSSR count). The molecule has 9 heteroatoms. The standard InChI is InChI=1S/C8H13N5O3S/c1-9-7(12-13(14)15)10-3-2-6-17-8-11-4-5-16-8/h4-5H,2-3,6H2,1H3,(H2,9,10,12). The van der Waals surface area contributed by atoms with Crippen LogP contribution in [0.5, 0.6) is 0 Å². The molecule has 0 bridgehead atoms. The largest absolute Gasteiger partial charge is 0.440 e. The smallest absolute Gasteiger partial charge is 0.255 e. The van der Waals surface area contributed by atoms with E-state index < -0.39 is 5.03 Å². The van der Waals surface area contributed by atoms with Crippen molar-refractivity contribution in [1.82, 2.24) is 15.7 Å². The lowest BCUT2D eigenvalue weighted by Crippen LogP contribution is -2.38. The summed E-state index contributed by atoms with van der Waals surface area (Å²) in [5, 5.41) is 12.7. The minimum atomic E-state index is -0.656. The molecular formula is C8H13N5O3S. The van der Waals surface area contributed by atoms with Crippen LogP contribution in [0.15, 0.2) is 27.1 Å². The van der Waals surface area contributed by atoms with E-state index in [-0.39, 0.29) is 5.96 Å². The minimum absolute atomic E-state index is 0.149. The molecule has 0 radical (unpaired) electrons. The van der Waals surface area contributed by atoms with Crippen molar-refractivity contribution in [3.8, 4) is 0 Å². The van der Waals surface area contributed by atoms with Crippen LogP contribution in [0.25, 0.3) is 0 Å². The summed E-state index contributed by atoms with van der Waals surface area (Å²) in [6, 6.07) is 0. The van der Waals surface area contributed by atoms with E-state index in [0.717, 1.165) is 12.2 Å². The van der Waals surface area contributed by atoms with Gasteiger partial charge in [-0.15, -0.1) is 0 Å². The Balaban J connectivity index is 2.17. The van der Waals surface area contributed by atoms with Gasteiger partial charge in [0.05, 0.1) is 6.20 Å². The van der Waals surface area contributed by atoms with Gasteiger partial charge in [-0.3, -0.25) is 0 Å². The summed E-state index contributed by atoms with van der Waals surface area (Å²) < 4.78 is 5.04. The molecule has 0 unspecified atom stereocenters. The van der Waals surface area contributed by atoms with Crippen molar-refractivity contribution in [2.45, 2.75) is 11.6 Å². The Morgan fingerprint density at radius 2 is 2.59 bits per heavy atom. The molecule has 1 heterocycles. The number of hydrogen-bond donors (Lipinski definition) is 2. The summed E-state index contributed by atoms with van der Waals surface area (Å²) in [7, 11) is 1.57. The van der Waals surface area contributed by atoms with E-state index in [1.54, 1.807) is 13.2 Å². The summed E-state index contributed by atoms with van der Waals surface area (Å²) in [6.07, 6.45) is 3.87. The van der Waals surface area contributed by atoms with Crippen LogP contribution in [-0.4, -0.2) is 35.3 Å². The maximum Gasteiger partial charge on any atom is 0.255 e. The number of guanidine groups is 1. The molecule has 1 aromatic heterocycles. The van der Waals surface area contributed by atoms with Crippen LogP contribution >= 0.6 is 11.8 Å². The average molecular weight is 259 g/mol. The van der Waals surface area contributed by atoms with Crippen molar-refractivity contribution < 1.29 is 9.45 Å². The highest BCUT2D eigenvalue weighted by Gasteiger charge is 2.01. The molecule has 0 amide bonds. The lowest BCUT2D eigenvalue weighted by atomic mass is 10.5. The first-order valence-electron chi connectivity index (χ1n) is 4.88. The third kappa shape index (κ3) is 5.76. The number of hydrogen-bond acceptors (Lipinski definition) is 6. The number of nitrogens with zero attached hydrogens (tertiary/aromatic N) is 3. The highest BCUT2D eigenvalue weighted by molar-refractivity contribution is 7.99. The molecule has 2 N–H and O–H groups in total. The van der Waals surface area contributed by atoms with Crippen LogP contribution in [0.1, 0.15) is 6.42 Å². The number of thioether (sulfide) groups is 1. The van der Waals surface area contributed by atoms with Crippen LogP contribution in [0.3, 0.4) is 0 Å².